The molecular weight excluding hydrogens is 521 g/mol. The first kappa shape index (κ1) is 28.4. The normalized spacial score (nSPS) is 17.2. The number of nitrogens with zero attached hydrogens (tertiary/aromatic N) is 3. The number of rotatable bonds is 7. The molecule has 0 radical (unpaired) electrons. The second-order valence-corrected chi connectivity index (χ2v) is 9.07. The van der Waals surface area contributed by atoms with Gasteiger partial charge in [-0.3, -0.25) is 4.90 Å². The minimum atomic E-state index is -1.03. The van der Waals surface area contributed by atoms with Crippen molar-refractivity contribution >= 4 is 36.0 Å². The highest BCUT2D eigenvalue weighted by Crippen LogP contribution is 2.20. The smallest absolute Gasteiger partial charge is 0.410 e. The van der Waals surface area contributed by atoms with Gasteiger partial charge in [0.05, 0.1) is 6.54 Å². The summed E-state index contributed by atoms with van der Waals surface area (Å²) in [7, 11) is 0. The van der Waals surface area contributed by atoms with Crippen LogP contribution in [-0.2, 0) is 10.3 Å². The fraction of sp³-hybridized carbons (Fsp3) is 0.652. The second kappa shape index (κ2) is 13.2. The molecule has 0 spiro atoms. The molecule has 1 atom stereocenters. The van der Waals surface area contributed by atoms with E-state index in [0.717, 1.165) is 38.3 Å². The summed E-state index contributed by atoms with van der Waals surface area (Å²) in [5, 5.41) is 17.3. The second-order valence-electron chi connectivity index (χ2n) is 9.07. The fourth-order valence-electron chi connectivity index (χ4n) is 3.28. The predicted molar refractivity (Wildman–Crippen MR) is 140 cm³/mol. The van der Waals surface area contributed by atoms with E-state index < -0.39 is 11.2 Å². The quantitative estimate of drug-likeness (QED) is 0.270. The van der Waals surface area contributed by atoms with Crippen LogP contribution in [-0.4, -0.2) is 84.9 Å². The number of halogens is 1. The molecule has 0 aliphatic carbocycles. The molecule has 0 bridgehead atoms. The molecule has 1 heterocycles. The molecule has 1 unspecified atom stereocenters. The van der Waals surface area contributed by atoms with Crippen LogP contribution < -0.4 is 10.6 Å². The highest BCUT2D eigenvalue weighted by Gasteiger charge is 2.26. The predicted octanol–water partition coefficient (Wildman–Crippen LogP) is 2.62. The topological polar surface area (TPSA) is 89.4 Å². The number of nitrogens with one attached hydrogen (secondary N) is 2. The molecule has 0 saturated carbocycles. The molecule has 1 aromatic carbocycles. The Kier molecular flexibility index (Phi) is 11.7. The maximum absolute atomic E-state index is 12.2. The summed E-state index contributed by atoms with van der Waals surface area (Å²) in [5.41, 5.74) is -0.648. The Morgan fingerprint density at radius 2 is 1.72 bits per heavy atom. The van der Waals surface area contributed by atoms with E-state index in [-0.39, 0.29) is 36.6 Å². The van der Waals surface area contributed by atoms with Crippen LogP contribution in [0.1, 0.15) is 40.2 Å². The molecule has 32 heavy (non-hydrogen) atoms. The van der Waals surface area contributed by atoms with E-state index in [1.54, 1.807) is 11.8 Å². The van der Waals surface area contributed by atoms with Gasteiger partial charge < -0.3 is 25.4 Å². The van der Waals surface area contributed by atoms with Crippen molar-refractivity contribution in [1.82, 2.24) is 20.4 Å². The van der Waals surface area contributed by atoms with E-state index in [2.05, 4.69) is 20.5 Å². The molecule has 1 aromatic rings. The Balaban J connectivity index is 0.00000512. The number of piperazine rings is 1. The Labute approximate surface area is 209 Å². The first-order valence-corrected chi connectivity index (χ1v) is 11.1. The van der Waals surface area contributed by atoms with Crippen molar-refractivity contribution in [2.75, 3.05) is 52.4 Å². The summed E-state index contributed by atoms with van der Waals surface area (Å²) in [6, 6.07) is 9.58. The van der Waals surface area contributed by atoms with Crippen LogP contribution in [0.3, 0.4) is 0 Å². The third-order valence-corrected chi connectivity index (χ3v) is 5.03. The number of carbonyl (C=O) groups is 1. The number of guanidine groups is 1. The Morgan fingerprint density at radius 3 is 2.28 bits per heavy atom. The van der Waals surface area contributed by atoms with E-state index in [0.29, 0.717) is 19.0 Å². The van der Waals surface area contributed by atoms with Crippen molar-refractivity contribution in [2.45, 2.75) is 45.8 Å². The van der Waals surface area contributed by atoms with Crippen molar-refractivity contribution in [2.24, 2.45) is 4.99 Å². The van der Waals surface area contributed by atoms with E-state index in [9.17, 15) is 9.90 Å². The highest BCUT2D eigenvalue weighted by molar-refractivity contribution is 14.0. The lowest BCUT2D eigenvalue weighted by atomic mass is 9.96. The van der Waals surface area contributed by atoms with Crippen LogP contribution in [0.15, 0.2) is 35.3 Å². The summed E-state index contributed by atoms with van der Waals surface area (Å²) in [6.45, 7) is 15.0. The summed E-state index contributed by atoms with van der Waals surface area (Å²) in [5.74, 6) is 0.686. The number of carbonyl (C=O) groups excluding carboxylic acids is 1. The van der Waals surface area contributed by atoms with Crippen molar-refractivity contribution in [3.05, 3.63) is 35.9 Å². The monoisotopic (exact) mass is 561 g/mol. The maximum Gasteiger partial charge on any atom is 0.410 e. The Bertz CT molecular complexity index is 714. The molecule has 9 heteroatoms. The molecular formula is C23H40IN5O3. The van der Waals surface area contributed by atoms with E-state index in [1.807, 2.05) is 58.0 Å². The molecule has 1 aliphatic rings. The lowest BCUT2D eigenvalue weighted by Crippen LogP contribution is -2.51. The molecule has 2 rings (SSSR count). The molecule has 8 nitrogen and oxygen atoms in total. The van der Waals surface area contributed by atoms with Gasteiger partial charge in [0.25, 0.3) is 0 Å². The minimum Gasteiger partial charge on any atom is -0.444 e. The number of amides is 1. The van der Waals surface area contributed by atoms with Crippen LogP contribution in [0, 0.1) is 0 Å². The molecule has 3 N–H and O–H groups in total. The lowest BCUT2D eigenvalue weighted by molar-refractivity contribution is 0.0147. The van der Waals surface area contributed by atoms with Gasteiger partial charge >= 0.3 is 6.09 Å². The number of hydrogen-bond acceptors (Lipinski definition) is 5. The number of hydrogen-bond donors (Lipinski definition) is 3. The van der Waals surface area contributed by atoms with Crippen molar-refractivity contribution < 1.29 is 14.6 Å². The van der Waals surface area contributed by atoms with Crippen LogP contribution in [0.4, 0.5) is 4.79 Å². The zero-order chi connectivity index (χ0) is 22.9. The number of aliphatic hydroxyl groups is 1. The standard InChI is InChI=1S/C23H39N5O3.HI/c1-6-24-20(26-18-23(5,30)19-10-8-7-9-11-19)25-12-13-27-14-16-28(17-15-27)21(29)31-22(2,3)4;/h7-11,30H,6,12-18H2,1-5H3,(H2,24,25,26);1H. The number of aliphatic imine (C=N–C) groups is 1. The first-order valence-electron chi connectivity index (χ1n) is 11.1. The highest BCUT2D eigenvalue weighted by atomic mass is 127. The lowest BCUT2D eigenvalue weighted by Gasteiger charge is -2.35. The maximum atomic E-state index is 12.2. The molecule has 1 aliphatic heterocycles. The van der Waals surface area contributed by atoms with Gasteiger partial charge in [0.1, 0.15) is 11.2 Å². The van der Waals surface area contributed by atoms with Gasteiger partial charge in [0.15, 0.2) is 5.96 Å². The van der Waals surface area contributed by atoms with Gasteiger partial charge in [-0.05, 0) is 40.2 Å². The van der Waals surface area contributed by atoms with Crippen LogP contribution in [0.25, 0.3) is 0 Å². The average molecular weight is 562 g/mol. The minimum absolute atomic E-state index is 0. The Morgan fingerprint density at radius 1 is 1.09 bits per heavy atom. The SMILES string of the molecule is CCNC(=NCC(C)(O)c1ccccc1)NCCN1CCN(C(=O)OC(C)(C)C)CC1.I. The van der Waals surface area contributed by atoms with Crippen LogP contribution in [0.2, 0.25) is 0 Å². The summed E-state index contributed by atoms with van der Waals surface area (Å²) in [4.78, 5) is 20.8. The molecule has 1 amide bonds. The van der Waals surface area contributed by atoms with Gasteiger partial charge in [-0.25, -0.2) is 9.79 Å². The van der Waals surface area contributed by atoms with Crippen molar-refractivity contribution in [3.63, 3.8) is 0 Å². The first-order chi connectivity index (χ1) is 14.6. The van der Waals surface area contributed by atoms with E-state index in [4.69, 9.17) is 4.74 Å². The summed E-state index contributed by atoms with van der Waals surface area (Å²) in [6.07, 6.45) is -0.239. The number of ether oxygens (including phenoxy) is 1. The van der Waals surface area contributed by atoms with Crippen molar-refractivity contribution in [3.8, 4) is 0 Å². The average Bonchev–Trinajstić information content (AvgIpc) is 2.72. The molecule has 182 valence electrons. The third-order valence-electron chi connectivity index (χ3n) is 5.03. The van der Waals surface area contributed by atoms with Crippen LogP contribution in [0.5, 0.6) is 0 Å². The molecule has 0 aromatic heterocycles. The fourth-order valence-corrected chi connectivity index (χ4v) is 3.28. The van der Waals surface area contributed by atoms with Crippen LogP contribution >= 0.6 is 24.0 Å². The molecule has 1 saturated heterocycles. The largest absolute Gasteiger partial charge is 0.444 e. The van der Waals surface area contributed by atoms with Gasteiger partial charge in [-0.15, -0.1) is 24.0 Å². The Hall–Kier alpha value is -1.59. The third kappa shape index (κ3) is 9.91. The van der Waals surface area contributed by atoms with Crippen molar-refractivity contribution in [1.29, 1.82) is 0 Å². The zero-order valence-corrected chi connectivity index (χ0v) is 22.4. The van der Waals surface area contributed by atoms with E-state index in [1.165, 1.54) is 0 Å². The van der Waals surface area contributed by atoms with Gasteiger partial charge in [0, 0.05) is 45.8 Å². The molecule has 1 fully saturated rings. The zero-order valence-electron chi connectivity index (χ0n) is 20.1. The van der Waals surface area contributed by atoms with Gasteiger partial charge in [0.2, 0.25) is 0 Å². The number of benzene rings is 1. The van der Waals surface area contributed by atoms with E-state index >= 15 is 0 Å². The van der Waals surface area contributed by atoms with Gasteiger partial charge in [-0.1, -0.05) is 30.3 Å². The summed E-state index contributed by atoms with van der Waals surface area (Å²) >= 11 is 0. The van der Waals surface area contributed by atoms with Gasteiger partial charge in [-0.2, -0.15) is 0 Å². The summed E-state index contributed by atoms with van der Waals surface area (Å²) < 4.78 is 5.45.